The molecule has 0 aliphatic carbocycles. The molecule has 1 heterocycles. The van der Waals surface area contributed by atoms with E-state index >= 15 is 0 Å². The van der Waals surface area contributed by atoms with Crippen LogP contribution in [0.3, 0.4) is 0 Å². The third-order valence-corrected chi connectivity index (χ3v) is 4.06. The minimum Gasteiger partial charge on any atom is -0.237 e. The zero-order chi connectivity index (χ0) is 5.82. The summed E-state index contributed by atoms with van der Waals surface area (Å²) < 4.78 is 0. The standard InChI is InChI=1S/C5H9OS2/c6-2-1-5-3-7-4-8-5/h5H,1-4H2. The minimum atomic E-state index is 0.109. The summed E-state index contributed by atoms with van der Waals surface area (Å²) in [7, 11) is 0. The van der Waals surface area contributed by atoms with Crippen LogP contribution in [0.5, 0.6) is 0 Å². The average Bonchev–Trinajstić information content (AvgIpc) is 2.19. The molecule has 0 aromatic carbocycles. The second kappa shape index (κ2) is 3.64. The van der Waals surface area contributed by atoms with Crippen molar-refractivity contribution >= 4 is 23.5 Å². The Morgan fingerprint density at radius 3 is 3.00 bits per heavy atom. The van der Waals surface area contributed by atoms with Crippen LogP contribution in [0.25, 0.3) is 0 Å². The lowest BCUT2D eigenvalue weighted by molar-refractivity contribution is 0.190. The highest BCUT2D eigenvalue weighted by atomic mass is 32.2. The maximum atomic E-state index is 10.1. The Kier molecular flexibility index (Phi) is 3.08. The van der Waals surface area contributed by atoms with Gasteiger partial charge in [-0.2, -0.15) is 0 Å². The molecule has 1 radical (unpaired) electrons. The zero-order valence-electron chi connectivity index (χ0n) is 4.63. The van der Waals surface area contributed by atoms with Crippen molar-refractivity contribution in [2.75, 3.05) is 17.4 Å². The van der Waals surface area contributed by atoms with Gasteiger partial charge in [-0.3, -0.25) is 0 Å². The van der Waals surface area contributed by atoms with Gasteiger partial charge < -0.3 is 0 Å². The first kappa shape index (κ1) is 6.78. The summed E-state index contributed by atoms with van der Waals surface area (Å²) in [5, 5.41) is 11.9. The molecule has 0 amide bonds. The van der Waals surface area contributed by atoms with E-state index in [-0.39, 0.29) is 6.61 Å². The van der Waals surface area contributed by atoms with Gasteiger partial charge in [-0.25, -0.2) is 5.11 Å². The maximum Gasteiger partial charge on any atom is 0.0833 e. The molecule has 0 aromatic rings. The molecule has 0 bridgehead atoms. The van der Waals surface area contributed by atoms with Gasteiger partial charge in [-0.05, 0) is 6.42 Å². The fraction of sp³-hybridized carbons (Fsp3) is 1.00. The molecule has 47 valence electrons. The highest BCUT2D eigenvalue weighted by Gasteiger charge is 2.14. The highest BCUT2D eigenvalue weighted by Crippen LogP contribution is 2.30. The Bertz CT molecular complexity index is 61.4. The van der Waals surface area contributed by atoms with Crippen molar-refractivity contribution in [2.45, 2.75) is 11.7 Å². The molecule has 1 atom stereocenters. The lowest BCUT2D eigenvalue weighted by Gasteiger charge is -2.00. The summed E-state index contributed by atoms with van der Waals surface area (Å²) in [6.07, 6.45) is 0.873. The molecule has 3 heteroatoms. The molecular weight excluding hydrogens is 140 g/mol. The predicted molar refractivity (Wildman–Crippen MR) is 38.9 cm³/mol. The fourth-order valence-corrected chi connectivity index (χ4v) is 3.58. The largest absolute Gasteiger partial charge is 0.237 e. The van der Waals surface area contributed by atoms with Crippen molar-refractivity contribution in [1.82, 2.24) is 0 Å². The molecular formula is C5H9OS2. The lowest BCUT2D eigenvalue weighted by Crippen LogP contribution is -2.01. The molecule has 1 aliphatic rings. The summed E-state index contributed by atoms with van der Waals surface area (Å²) in [4.78, 5) is 0. The second-order valence-electron chi connectivity index (χ2n) is 1.77. The van der Waals surface area contributed by atoms with Crippen molar-refractivity contribution < 1.29 is 5.11 Å². The monoisotopic (exact) mass is 149 g/mol. The normalized spacial score (nSPS) is 28.9. The first-order chi connectivity index (χ1) is 3.93. The molecule has 0 N–H and O–H groups in total. The van der Waals surface area contributed by atoms with E-state index in [1.807, 2.05) is 23.5 Å². The van der Waals surface area contributed by atoms with E-state index in [1.165, 1.54) is 10.8 Å². The Morgan fingerprint density at radius 2 is 2.50 bits per heavy atom. The zero-order valence-corrected chi connectivity index (χ0v) is 6.26. The summed E-state index contributed by atoms with van der Waals surface area (Å²) in [5.41, 5.74) is 0. The summed E-state index contributed by atoms with van der Waals surface area (Å²) >= 11 is 3.88. The van der Waals surface area contributed by atoms with Crippen LogP contribution in [-0.2, 0) is 5.11 Å². The third kappa shape index (κ3) is 1.88. The molecule has 1 aliphatic heterocycles. The third-order valence-electron chi connectivity index (χ3n) is 1.13. The second-order valence-corrected chi connectivity index (χ2v) is 4.45. The van der Waals surface area contributed by atoms with E-state index in [9.17, 15) is 5.11 Å². The van der Waals surface area contributed by atoms with Crippen molar-refractivity contribution in [3.8, 4) is 0 Å². The summed E-state index contributed by atoms with van der Waals surface area (Å²) in [6.45, 7) is 0.109. The van der Waals surface area contributed by atoms with Crippen molar-refractivity contribution in [1.29, 1.82) is 0 Å². The van der Waals surface area contributed by atoms with Crippen LogP contribution < -0.4 is 0 Å². The molecule has 1 fully saturated rings. The molecule has 0 saturated carbocycles. The summed E-state index contributed by atoms with van der Waals surface area (Å²) in [5.74, 6) is 1.20. The predicted octanol–water partition coefficient (Wildman–Crippen LogP) is 1.61. The molecule has 1 saturated heterocycles. The average molecular weight is 149 g/mol. The van der Waals surface area contributed by atoms with E-state index in [0.29, 0.717) is 5.25 Å². The van der Waals surface area contributed by atoms with Gasteiger partial charge in [0.05, 0.1) is 6.61 Å². The fourth-order valence-electron chi connectivity index (χ4n) is 0.670. The van der Waals surface area contributed by atoms with Gasteiger partial charge >= 0.3 is 0 Å². The van der Waals surface area contributed by atoms with Gasteiger partial charge in [-0.15, -0.1) is 23.5 Å². The first-order valence-corrected chi connectivity index (χ1v) is 4.91. The topological polar surface area (TPSA) is 19.9 Å². The Labute approximate surface area is 58.2 Å². The Balaban J connectivity index is 2.06. The van der Waals surface area contributed by atoms with Crippen LogP contribution in [0.2, 0.25) is 0 Å². The van der Waals surface area contributed by atoms with E-state index in [0.717, 1.165) is 6.42 Å². The van der Waals surface area contributed by atoms with Crippen LogP contribution in [0.4, 0.5) is 0 Å². The van der Waals surface area contributed by atoms with Crippen LogP contribution in [0.15, 0.2) is 0 Å². The van der Waals surface area contributed by atoms with Gasteiger partial charge in [0, 0.05) is 16.1 Å². The van der Waals surface area contributed by atoms with Crippen molar-refractivity contribution in [3.05, 3.63) is 0 Å². The maximum absolute atomic E-state index is 10.1. The smallest absolute Gasteiger partial charge is 0.0833 e. The van der Waals surface area contributed by atoms with Crippen LogP contribution in [0.1, 0.15) is 6.42 Å². The van der Waals surface area contributed by atoms with Gasteiger partial charge in [0.25, 0.3) is 0 Å². The molecule has 1 nitrogen and oxygen atoms in total. The van der Waals surface area contributed by atoms with Gasteiger partial charge in [-0.1, -0.05) is 0 Å². The van der Waals surface area contributed by atoms with Crippen molar-refractivity contribution in [3.63, 3.8) is 0 Å². The number of hydrogen-bond donors (Lipinski definition) is 0. The number of thioether (sulfide) groups is 2. The minimum absolute atomic E-state index is 0.109. The SMILES string of the molecule is [O]CCC1CSCS1. The molecule has 1 unspecified atom stereocenters. The van der Waals surface area contributed by atoms with E-state index in [4.69, 9.17) is 0 Å². The van der Waals surface area contributed by atoms with Crippen LogP contribution in [-0.4, -0.2) is 22.7 Å². The highest BCUT2D eigenvalue weighted by molar-refractivity contribution is 8.19. The lowest BCUT2D eigenvalue weighted by atomic mass is 10.3. The van der Waals surface area contributed by atoms with Gasteiger partial charge in [0.2, 0.25) is 0 Å². The van der Waals surface area contributed by atoms with Crippen molar-refractivity contribution in [2.24, 2.45) is 0 Å². The van der Waals surface area contributed by atoms with Crippen LogP contribution in [0, 0.1) is 0 Å². The molecule has 0 aromatic heterocycles. The van der Waals surface area contributed by atoms with E-state index in [1.54, 1.807) is 0 Å². The number of hydrogen-bond acceptors (Lipinski definition) is 2. The van der Waals surface area contributed by atoms with Gasteiger partial charge in [0.15, 0.2) is 0 Å². The molecule has 0 spiro atoms. The quantitative estimate of drug-likeness (QED) is 0.594. The summed E-state index contributed by atoms with van der Waals surface area (Å²) in [6, 6.07) is 0. The van der Waals surface area contributed by atoms with E-state index in [2.05, 4.69) is 0 Å². The Morgan fingerprint density at radius 1 is 1.62 bits per heavy atom. The van der Waals surface area contributed by atoms with Gasteiger partial charge in [0.1, 0.15) is 0 Å². The Hall–Kier alpha value is 0.660. The van der Waals surface area contributed by atoms with E-state index < -0.39 is 0 Å². The number of rotatable bonds is 2. The molecule has 8 heavy (non-hydrogen) atoms. The first-order valence-electron chi connectivity index (χ1n) is 2.71. The van der Waals surface area contributed by atoms with Crippen LogP contribution >= 0.6 is 23.5 Å². The molecule has 1 rings (SSSR count).